The van der Waals surface area contributed by atoms with Crippen LogP contribution < -0.4 is 5.32 Å². The average Bonchev–Trinajstić information content (AvgIpc) is 3.01. The van der Waals surface area contributed by atoms with Gasteiger partial charge in [-0.3, -0.25) is 4.90 Å². The van der Waals surface area contributed by atoms with Crippen LogP contribution in [0.4, 0.5) is 6.01 Å². The van der Waals surface area contributed by atoms with Gasteiger partial charge >= 0.3 is 0 Å². The number of phenolic OH excluding ortho intramolecular Hbond substituents is 1. The predicted octanol–water partition coefficient (Wildman–Crippen LogP) is 3.83. The summed E-state index contributed by atoms with van der Waals surface area (Å²) in [5.41, 5.74) is 3.27. The van der Waals surface area contributed by atoms with Gasteiger partial charge in [0.05, 0.1) is 24.9 Å². The lowest BCUT2D eigenvalue weighted by molar-refractivity contribution is -0.0710. The number of oxazole rings is 1. The number of ether oxygens (including phenoxy) is 1. The van der Waals surface area contributed by atoms with E-state index in [-0.39, 0.29) is 5.75 Å². The van der Waals surface area contributed by atoms with Gasteiger partial charge < -0.3 is 19.6 Å². The van der Waals surface area contributed by atoms with Gasteiger partial charge in [-0.15, -0.1) is 0 Å². The van der Waals surface area contributed by atoms with Gasteiger partial charge in [-0.25, -0.2) is 4.98 Å². The van der Waals surface area contributed by atoms with Crippen LogP contribution in [0.15, 0.2) is 28.7 Å². The van der Waals surface area contributed by atoms with Crippen molar-refractivity contribution in [2.24, 2.45) is 0 Å². The number of fused-ring (bicyclic) bond motifs is 1. The molecule has 1 aromatic carbocycles. The highest BCUT2D eigenvalue weighted by atomic mass is 35.5. The Morgan fingerprint density at radius 3 is 2.86 bits per heavy atom. The van der Waals surface area contributed by atoms with Gasteiger partial charge in [0.25, 0.3) is 6.01 Å². The lowest BCUT2D eigenvalue weighted by Crippen LogP contribution is -2.54. The maximum absolute atomic E-state index is 10.3. The third-order valence-electron chi connectivity index (χ3n) is 5.71. The SMILES string of the molecule is Cc1cc(Cl)cc(O)c1-c1ccc2oc(NC3CCCN(C4COC4)C3)nc2n1. The summed E-state index contributed by atoms with van der Waals surface area (Å²) in [5.74, 6) is 0.103. The van der Waals surface area contributed by atoms with Crippen LogP contribution in [-0.2, 0) is 4.74 Å². The summed E-state index contributed by atoms with van der Waals surface area (Å²) in [6, 6.07) is 8.31. The van der Waals surface area contributed by atoms with Crippen LogP contribution in [-0.4, -0.2) is 58.4 Å². The molecule has 152 valence electrons. The van der Waals surface area contributed by atoms with Crippen LogP contribution in [0, 0.1) is 6.92 Å². The molecule has 2 saturated heterocycles. The quantitative estimate of drug-likeness (QED) is 0.671. The first-order valence-corrected chi connectivity index (χ1v) is 10.3. The second-order valence-electron chi connectivity index (χ2n) is 7.82. The minimum atomic E-state index is 0.103. The van der Waals surface area contributed by atoms with Gasteiger partial charge in [-0.05, 0) is 56.1 Å². The number of anilines is 1. The molecule has 0 bridgehead atoms. The Morgan fingerprint density at radius 2 is 2.10 bits per heavy atom. The van der Waals surface area contributed by atoms with Gasteiger partial charge in [0.15, 0.2) is 5.58 Å². The largest absolute Gasteiger partial charge is 0.507 e. The molecule has 0 aliphatic carbocycles. The Bertz CT molecular complexity index is 1030. The second-order valence-corrected chi connectivity index (χ2v) is 8.26. The number of aromatic hydroxyl groups is 1. The number of nitrogens with one attached hydrogen (secondary N) is 1. The van der Waals surface area contributed by atoms with Gasteiger partial charge in [0, 0.05) is 23.2 Å². The number of phenols is 1. The monoisotopic (exact) mass is 414 g/mol. The van der Waals surface area contributed by atoms with Gasteiger partial charge in [0.2, 0.25) is 5.65 Å². The first-order valence-electron chi connectivity index (χ1n) is 9.92. The molecule has 2 fully saturated rings. The molecule has 7 nitrogen and oxygen atoms in total. The van der Waals surface area contributed by atoms with Gasteiger partial charge in [-0.1, -0.05) is 11.6 Å². The maximum atomic E-state index is 10.3. The Balaban J connectivity index is 1.37. The molecule has 0 amide bonds. The Hall–Kier alpha value is -2.35. The van der Waals surface area contributed by atoms with E-state index in [1.807, 2.05) is 19.1 Å². The summed E-state index contributed by atoms with van der Waals surface area (Å²) >= 11 is 6.02. The van der Waals surface area contributed by atoms with E-state index in [2.05, 4.69) is 20.2 Å². The lowest BCUT2D eigenvalue weighted by Gasteiger charge is -2.42. The number of aryl methyl sites for hydroxylation is 1. The van der Waals surface area contributed by atoms with Crippen molar-refractivity contribution in [2.75, 3.05) is 31.6 Å². The number of benzene rings is 1. The number of piperidine rings is 1. The van der Waals surface area contributed by atoms with Gasteiger partial charge in [0.1, 0.15) is 5.75 Å². The number of halogens is 1. The number of aromatic nitrogens is 2. The molecule has 4 heterocycles. The molecule has 2 N–H and O–H groups in total. The first-order chi connectivity index (χ1) is 14.1. The third kappa shape index (κ3) is 3.66. The van der Waals surface area contributed by atoms with Crippen LogP contribution in [0.3, 0.4) is 0 Å². The third-order valence-corrected chi connectivity index (χ3v) is 5.92. The van der Waals surface area contributed by atoms with E-state index < -0.39 is 0 Å². The molecular formula is C21H23ClN4O3. The number of pyridine rings is 1. The minimum absolute atomic E-state index is 0.103. The molecule has 1 unspecified atom stereocenters. The molecule has 2 aliphatic rings. The van der Waals surface area contributed by atoms with E-state index in [1.54, 1.807) is 6.07 Å². The smallest absolute Gasteiger partial charge is 0.297 e. The van der Waals surface area contributed by atoms with E-state index in [9.17, 15) is 5.11 Å². The van der Waals surface area contributed by atoms with E-state index in [0.717, 1.165) is 44.7 Å². The number of nitrogens with zero attached hydrogens (tertiary/aromatic N) is 3. The standard InChI is InChI=1S/C21H23ClN4O3/c1-12-7-13(22)8-17(27)19(12)16-4-5-18-20(24-16)25-21(29-18)23-14-3-2-6-26(9-14)15-10-28-11-15/h4-5,7-8,14-15,27H,2-3,6,9-11H2,1H3,(H,23,24,25). The van der Waals surface area contributed by atoms with Crippen molar-refractivity contribution in [2.45, 2.75) is 31.8 Å². The van der Waals surface area contributed by atoms with Crippen molar-refractivity contribution in [1.29, 1.82) is 0 Å². The molecule has 5 rings (SSSR count). The van der Waals surface area contributed by atoms with Crippen molar-refractivity contribution >= 4 is 28.8 Å². The zero-order chi connectivity index (χ0) is 20.0. The number of likely N-dealkylation sites (tertiary alicyclic amines) is 1. The van der Waals surface area contributed by atoms with Crippen LogP contribution in [0.25, 0.3) is 22.5 Å². The summed E-state index contributed by atoms with van der Waals surface area (Å²) < 4.78 is 11.2. The molecule has 8 heteroatoms. The predicted molar refractivity (Wildman–Crippen MR) is 111 cm³/mol. The van der Waals surface area contributed by atoms with E-state index in [4.69, 9.17) is 20.8 Å². The van der Waals surface area contributed by atoms with Crippen molar-refractivity contribution in [1.82, 2.24) is 14.9 Å². The first kappa shape index (κ1) is 18.7. The Labute approximate surface area is 173 Å². The fourth-order valence-electron chi connectivity index (χ4n) is 4.14. The van der Waals surface area contributed by atoms with Crippen molar-refractivity contribution < 1.29 is 14.3 Å². The molecule has 0 saturated carbocycles. The number of hydrogen-bond acceptors (Lipinski definition) is 7. The lowest BCUT2D eigenvalue weighted by atomic mass is 10.0. The maximum Gasteiger partial charge on any atom is 0.297 e. The molecule has 3 aromatic rings. The molecule has 1 atom stereocenters. The topological polar surface area (TPSA) is 83.7 Å². The zero-order valence-corrected chi connectivity index (χ0v) is 16.9. The van der Waals surface area contributed by atoms with Crippen LogP contribution in [0.5, 0.6) is 5.75 Å². The fraction of sp³-hybridized carbons (Fsp3) is 0.429. The summed E-state index contributed by atoms with van der Waals surface area (Å²) in [7, 11) is 0. The Kier molecular flexibility index (Phi) is 4.81. The Morgan fingerprint density at radius 1 is 1.24 bits per heavy atom. The second kappa shape index (κ2) is 7.48. The van der Waals surface area contributed by atoms with Crippen LogP contribution in [0.2, 0.25) is 5.02 Å². The molecule has 2 aliphatic heterocycles. The van der Waals surface area contributed by atoms with Gasteiger partial charge in [-0.2, -0.15) is 4.98 Å². The summed E-state index contributed by atoms with van der Waals surface area (Å²) in [6.07, 6.45) is 2.23. The highest BCUT2D eigenvalue weighted by molar-refractivity contribution is 6.31. The van der Waals surface area contributed by atoms with Crippen molar-refractivity contribution in [3.8, 4) is 17.0 Å². The average molecular weight is 415 g/mol. The zero-order valence-electron chi connectivity index (χ0n) is 16.2. The number of hydrogen-bond donors (Lipinski definition) is 2. The highest BCUT2D eigenvalue weighted by Gasteiger charge is 2.30. The molecule has 0 spiro atoms. The normalized spacial score (nSPS) is 20.7. The van der Waals surface area contributed by atoms with Crippen LogP contribution >= 0.6 is 11.6 Å². The number of rotatable bonds is 4. The molecule has 0 radical (unpaired) electrons. The summed E-state index contributed by atoms with van der Waals surface area (Å²) in [6.45, 7) is 5.64. The highest BCUT2D eigenvalue weighted by Crippen LogP contribution is 2.35. The molecule has 2 aromatic heterocycles. The van der Waals surface area contributed by atoms with E-state index in [0.29, 0.717) is 45.6 Å². The van der Waals surface area contributed by atoms with Crippen molar-refractivity contribution in [3.05, 3.63) is 34.9 Å². The minimum Gasteiger partial charge on any atom is -0.507 e. The fourth-order valence-corrected chi connectivity index (χ4v) is 4.41. The van der Waals surface area contributed by atoms with Crippen molar-refractivity contribution in [3.63, 3.8) is 0 Å². The van der Waals surface area contributed by atoms with E-state index >= 15 is 0 Å². The van der Waals surface area contributed by atoms with Crippen LogP contribution in [0.1, 0.15) is 18.4 Å². The summed E-state index contributed by atoms with van der Waals surface area (Å²) in [5, 5.41) is 14.2. The van der Waals surface area contributed by atoms with E-state index in [1.165, 1.54) is 6.07 Å². The summed E-state index contributed by atoms with van der Waals surface area (Å²) in [4.78, 5) is 11.6. The molecular weight excluding hydrogens is 392 g/mol. The molecule has 29 heavy (non-hydrogen) atoms.